The molecule has 1 saturated carbocycles. The van der Waals surface area contributed by atoms with Gasteiger partial charge in [-0.1, -0.05) is 18.2 Å². The Morgan fingerprint density at radius 3 is 2.58 bits per heavy atom. The quantitative estimate of drug-likeness (QED) is 0.790. The maximum absolute atomic E-state index is 12.6. The zero-order valence-electron chi connectivity index (χ0n) is 11.8. The van der Waals surface area contributed by atoms with Crippen molar-refractivity contribution in [2.24, 2.45) is 0 Å². The number of Topliss-reactive ketones (excluding diaryl/α,β-unsaturated/α-hetero) is 1. The molecular formula is C16H22O3. The predicted octanol–water partition coefficient (Wildman–Crippen LogP) is 3.16. The largest absolute Gasteiger partial charge is 0.496 e. The fourth-order valence-corrected chi connectivity index (χ4v) is 2.91. The van der Waals surface area contributed by atoms with E-state index in [1.165, 1.54) is 0 Å². The number of para-hydroxylation sites is 1. The molecule has 1 aliphatic carbocycles. The second kappa shape index (κ2) is 6.20. The van der Waals surface area contributed by atoms with Crippen LogP contribution in [-0.4, -0.2) is 25.1 Å². The summed E-state index contributed by atoms with van der Waals surface area (Å²) >= 11 is 0. The molecule has 0 heterocycles. The lowest BCUT2D eigenvalue weighted by Gasteiger charge is -2.27. The predicted molar refractivity (Wildman–Crippen MR) is 74.5 cm³/mol. The van der Waals surface area contributed by atoms with Crippen molar-refractivity contribution in [3.05, 3.63) is 29.8 Å². The SMILES string of the molecule is CCOC1(C(=O)Cc2ccccc2OC)CCCC1. The second-order valence-corrected chi connectivity index (χ2v) is 5.05. The summed E-state index contributed by atoms with van der Waals surface area (Å²) in [6.07, 6.45) is 4.27. The number of benzene rings is 1. The van der Waals surface area contributed by atoms with Crippen LogP contribution in [0.15, 0.2) is 24.3 Å². The van der Waals surface area contributed by atoms with E-state index in [4.69, 9.17) is 9.47 Å². The summed E-state index contributed by atoms with van der Waals surface area (Å²) in [4.78, 5) is 12.6. The molecule has 1 aliphatic rings. The van der Waals surface area contributed by atoms with Gasteiger partial charge in [-0.2, -0.15) is 0 Å². The molecule has 3 heteroatoms. The molecule has 2 rings (SSSR count). The third-order valence-corrected chi connectivity index (χ3v) is 3.88. The van der Waals surface area contributed by atoms with Gasteiger partial charge in [0.25, 0.3) is 0 Å². The number of hydrogen-bond acceptors (Lipinski definition) is 3. The lowest BCUT2D eigenvalue weighted by Crippen LogP contribution is -2.40. The van der Waals surface area contributed by atoms with Crippen molar-refractivity contribution < 1.29 is 14.3 Å². The van der Waals surface area contributed by atoms with Gasteiger partial charge in [-0.15, -0.1) is 0 Å². The molecule has 19 heavy (non-hydrogen) atoms. The molecule has 1 aromatic carbocycles. The molecule has 0 saturated heterocycles. The van der Waals surface area contributed by atoms with E-state index in [0.717, 1.165) is 37.0 Å². The molecule has 0 radical (unpaired) electrons. The standard InChI is InChI=1S/C16H22O3/c1-3-19-16(10-6-7-11-16)15(17)12-13-8-4-5-9-14(13)18-2/h4-5,8-9H,3,6-7,10-12H2,1-2H3. The first-order valence-electron chi connectivity index (χ1n) is 7.01. The van der Waals surface area contributed by atoms with Crippen molar-refractivity contribution in [2.75, 3.05) is 13.7 Å². The molecule has 0 aliphatic heterocycles. The number of rotatable bonds is 6. The van der Waals surface area contributed by atoms with Crippen molar-refractivity contribution in [1.82, 2.24) is 0 Å². The summed E-state index contributed by atoms with van der Waals surface area (Å²) in [5.41, 5.74) is 0.399. The fourth-order valence-electron chi connectivity index (χ4n) is 2.91. The average molecular weight is 262 g/mol. The minimum absolute atomic E-state index is 0.191. The van der Waals surface area contributed by atoms with E-state index in [0.29, 0.717) is 13.0 Å². The summed E-state index contributed by atoms with van der Waals surface area (Å²) in [5.74, 6) is 0.969. The van der Waals surface area contributed by atoms with Gasteiger partial charge in [0.2, 0.25) is 0 Å². The minimum Gasteiger partial charge on any atom is -0.496 e. The van der Waals surface area contributed by atoms with Crippen molar-refractivity contribution in [3.8, 4) is 5.75 Å². The molecule has 0 amide bonds. The van der Waals surface area contributed by atoms with Gasteiger partial charge in [0.05, 0.1) is 7.11 Å². The number of carbonyl (C=O) groups excluding carboxylic acids is 1. The van der Waals surface area contributed by atoms with Gasteiger partial charge in [-0.3, -0.25) is 4.79 Å². The first-order chi connectivity index (χ1) is 9.22. The molecule has 0 bridgehead atoms. The van der Waals surface area contributed by atoms with E-state index in [-0.39, 0.29) is 5.78 Å². The summed E-state index contributed by atoms with van der Waals surface area (Å²) in [7, 11) is 1.64. The molecule has 1 aromatic rings. The molecule has 0 N–H and O–H groups in total. The second-order valence-electron chi connectivity index (χ2n) is 5.05. The molecule has 0 spiro atoms. The monoisotopic (exact) mass is 262 g/mol. The van der Waals surface area contributed by atoms with Crippen LogP contribution in [0.2, 0.25) is 0 Å². The molecule has 0 unspecified atom stereocenters. The minimum atomic E-state index is -0.546. The van der Waals surface area contributed by atoms with Crippen molar-refractivity contribution >= 4 is 5.78 Å². The van der Waals surface area contributed by atoms with E-state index >= 15 is 0 Å². The topological polar surface area (TPSA) is 35.5 Å². The number of carbonyl (C=O) groups is 1. The number of hydrogen-bond donors (Lipinski definition) is 0. The summed E-state index contributed by atoms with van der Waals surface area (Å²) < 4.78 is 11.1. The van der Waals surface area contributed by atoms with Crippen LogP contribution in [0.1, 0.15) is 38.2 Å². The van der Waals surface area contributed by atoms with Crippen LogP contribution in [0.3, 0.4) is 0 Å². The van der Waals surface area contributed by atoms with Crippen LogP contribution in [0.5, 0.6) is 5.75 Å². The van der Waals surface area contributed by atoms with Crippen LogP contribution >= 0.6 is 0 Å². The van der Waals surface area contributed by atoms with Gasteiger partial charge in [0.15, 0.2) is 5.78 Å². The summed E-state index contributed by atoms with van der Waals surface area (Å²) in [6.45, 7) is 2.55. The smallest absolute Gasteiger partial charge is 0.169 e. The molecule has 104 valence electrons. The van der Waals surface area contributed by atoms with Crippen molar-refractivity contribution in [1.29, 1.82) is 0 Å². The molecular weight excluding hydrogens is 240 g/mol. The lowest BCUT2D eigenvalue weighted by molar-refractivity contribution is -0.142. The van der Waals surface area contributed by atoms with Crippen LogP contribution in [0.25, 0.3) is 0 Å². The Hall–Kier alpha value is -1.35. The first kappa shape index (κ1) is 14.1. The molecule has 1 fully saturated rings. The molecule has 0 aromatic heterocycles. The summed E-state index contributed by atoms with van der Waals surface area (Å²) in [5, 5.41) is 0. The van der Waals surface area contributed by atoms with Crippen molar-refractivity contribution in [3.63, 3.8) is 0 Å². The third-order valence-electron chi connectivity index (χ3n) is 3.88. The maximum atomic E-state index is 12.6. The summed E-state index contributed by atoms with van der Waals surface area (Å²) in [6, 6.07) is 7.70. The van der Waals surface area contributed by atoms with E-state index in [9.17, 15) is 4.79 Å². The van der Waals surface area contributed by atoms with Gasteiger partial charge < -0.3 is 9.47 Å². The van der Waals surface area contributed by atoms with Crippen molar-refractivity contribution in [2.45, 2.75) is 44.6 Å². The number of methoxy groups -OCH3 is 1. The number of ether oxygens (including phenoxy) is 2. The Bertz CT molecular complexity index is 433. The van der Waals surface area contributed by atoms with E-state index in [1.807, 2.05) is 31.2 Å². The van der Waals surface area contributed by atoms with Crippen LogP contribution in [0, 0.1) is 0 Å². The number of ketones is 1. The van der Waals surface area contributed by atoms with Gasteiger partial charge in [0.1, 0.15) is 11.4 Å². The maximum Gasteiger partial charge on any atom is 0.169 e. The zero-order chi connectivity index (χ0) is 13.7. The Morgan fingerprint density at radius 1 is 1.26 bits per heavy atom. The highest BCUT2D eigenvalue weighted by Crippen LogP contribution is 2.35. The van der Waals surface area contributed by atoms with E-state index < -0.39 is 5.60 Å². The highest BCUT2D eigenvalue weighted by atomic mass is 16.5. The van der Waals surface area contributed by atoms with Gasteiger partial charge in [-0.05, 0) is 38.7 Å². The Kier molecular flexibility index (Phi) is 4.59. The van der Waals surface area contributed by atoms with Crippen LogP contribution in [-0.2, 0) is 16.0 Å². The Labute approximate surface area is 114 Å². The normalized spacial score (nSPS) is 17.4. The van der Waals surface area contributed by atoms with Gasteiger partial charge >= 0.3 is 0 Å². The first-order valence-corrected chi connectivity index (χ1v) is 7.01. The van der Waals surface area contributed by atoms with E-state index in [1.54, 1.807) is 7.11 Å². The van der Waals surface area contributed by atoms with Crippen LogP contribution < -0.4 is 4.74 Å². The molecule has 3 nitrogen and oxygen atoms in total. The highest BCUT2D eigenvalue weighted by Gasteiger charge is 2.41. The van der Waals surface area contributed by atoms with E-state index in [2.05, 4.69) is 0 Å². The van der Waals surface area contributed by atoms with Crippen LogP contribution in [0.4, 0.5) is 0 Å². The highest BCUT2D eigenvalue weighted by molar-refractivity contribution is 5.90. The fraction of sp³-hybridized carbons (Fsp3) is 0.562. The average Bonchev–Trinajstić information content (AvgIpc) is 2.90. The molecule has 0 atom stereocenters. The zero-order valence-corrected chi connectivity index (χ0v) is 11.8. The lowest BCUT2D eigenvalue weighted by atomic mass is 9.91. The Balaban J connectivity index is 2.15. The third kappa shape index (κ3) is 2.98. The van der Waals surface area contributed by atoms with Gasteiger partial charge in [-0.25, -0.2) is 0 Å². The van der Waals surface area contributed by atoms with Gasteiger partial charge in [0, 0.05) is 18.6 Å². The Morgan fingerprint density at radius 2 is 1.95 bits per heavy atom.